The van der Waals surface area contributed by atoms with E-state index < -0.39 is 6.04 Å². The van der Waals surface area contributed by atoms with Gasteiger partial charge in [0.25, 0.3) is 0 Å². The molecule has 1 saturated heterocycles. The Balaban J connectivity index is 1.95. The molecule has 1 heterocycles. The highest BCUT2D eigenvalue weighted by Gasteiger charge is 2.29. The van der Waals surface area contributed by atoms with Crippen molar-refractivity contribution in [1.82, 2.24) is 10.2 Å². The number of carbonyl (C=O) groups excluding carboxylic acids is 2. The first kappa shape index (κ1) is 15.5. The molecule has 2 rings (SSSR count). The number of rotatable bonds is 5. The van der Waals surface area contributed by atoms with Gasteiger partial charge in [-0.25, -0.2) is 0 Å². The Morgan fingerprint density at radius 3 is 2.33 bits per heavy atom. The van der Waals surface area contributed by atoms with Crippen LogP contribution in [0.4, 0.5) is 0 Å². The highest BCUT2D eigenvalue weighted by Crippen LogP contribution is 2.13. The summed E-state index contributed by atoms with van der Waals surface area (Å²) in [6.45, 7) is 5.58. The minimum absolute atomic E-state index is 0.0592. The second-order valence-corrected chi connectivity index (χ2v) is 5.98. The summed E-state index contributed by atoms with van der Waals surface area (Å²) < 4.78 is 0. The molecular weight excluding hydrogens is 264 g/mol. The van der Waals surface area contributed by atoms with Gasteiger partial charge in [-0.1, -0.05) is 44.2 Å². The average molecular weight is 288 g/mol. The number of likely N-dealkylation sites (tertiary alicyclic amines) is 1. The van der Waals surface area contributed by atoms with Gasteiger partial charge in [0.05, 0.1) is 6.42 Å². The van der Waals surface area contributed by atoms with E-state index in [1.165, 1.54) is 0 Å². The molecule has 0 aromatic heterocycles. The fraction of sp³-hybridized carbons (Fsp3) is 0.529. The summed E-state index contributed by atoms with van der Waals surface area (Å²) in [6, 6.07) is 9.18. The van der Waals surface area contributed by atoms with E-state index in [0.29, 0.717) is 6.42 Å². The van der Waals surface area contributed by atoms with Gasteiger partial charge >= 0.3 is 0 Å². The largest absolute Gasteiger partial charge is 0.344 e. The maximum Gasteiger partial charge on any atom is 0.245 e. The number of nitrogens with zero attached hydrogens (tertiary/aromatic N) is 1. The molecule has 1 fully saturated rings. The predicted octanol–water partition coefficient (Wildman–Crippen LogP) is 1.99. The SMILES string of the molecule is CC(C)[C@@H](NC(=O)Cc1ccccc1)C(=O)N1CCCC1. The highest BCUT2D eigenvalue weighted by molar-refractivity contribution is 5.88. The van der Waals surface area contributed by atoms with Gasteiger partial charge in [-0.15, -0.1) is 0 Å². The predicted molar refractivity (Wildman–Crippen MR) is 82.7 cm³/mol. The summed E-state index contributed by atoms with van der Waals surface area (Å²) in [6.07, 6.45) is 2.44. The number of carbonyl (C=O) groups is 2. The molecule has 2 amide bonds. The average Bonchev–Trinajstić information content (AvgIpc) is 2.99. The molecule has 1 aliphatic heterocycles. The normalized spacial score (nSPS) is 16.0. The van der Waals surface area contributed by atoms with Crippen molar-refractivity contribution in [3.05, 3.63) is 35.9 Å². The molecule has 0 aliphatic carbocycles. The zero-order valence-electron chi connectivity index (χ0n) is 12.8. The topological polar surface area (TPSA) is 49.4 Å². The van der Waals surface area contributed by atoms with Crippen LogP contribution in [0.2, 0.25) is 0 Å². The Morgan fingerprint density at radius 1 is 1.14 bits per heavy atom. The third kappa shape index (κ3) is 4.31. The molecule has 114 valence electrons. The molecule has 21 heavy (non-hydrogen) atoms. The number of nitrogens with one attached hydrogen (secondary N) is 1. The molecule has 4 nitrogen and oxygen atoms in total. The molecule has 0 saturated carbocycles. The van der Waals surface area contributed by atoms with E-state index in [0.717, 1.165) is 31.5 Å². The first-order chi connectivity index (χ1) is 10.1. The Bertz CT molecular complexity index is 479. The van der Waals surface area contributed by atoms with Crippen LogP contribution in [0.1, 0.15) is 32.3 Å². The van der Waals surface area contributed by atoms with Crippen LogP contribution in [-0.4, -0.2) is 35.8 Å². The summed E-state index contributed by atoms with van der Waals surface area (Å²) in [5, 5.41) is 2.91. The van der Waals surface area contributed by atoms with Crippen LogP contribution >= 0.6 is 0 Å². The lowest BCUT2D eigenvalue weighted by atomic mass is 10.0. The van der Waals surface area contributed by atoms with Gasteiger partial charge in [0, 0.05) is 13.1 Å². The van der Waals surface area contributed by atoms with Crippen molar-refractivity contribution in [3.8, 4) is 0 Å². The van der Waals surface area contributed by atoms with Crippen molar-refractivity contribution < 1.29 is 9.59 Å². The van der Waals surface area contributed by atoms with Crippen LogP contribution < -0.4 is 5.32 Å². The van der Waals surface area contributed by atoms with E-state index >= 15 is 0 Å². The van der Waals surface area contributed by atoms with Gasteiger partial charge < -0.3 is 10.2 Å². The molecule has 0 bridgehead atoms. The second-order valence-electron chi connectivity index (χ2n) is 5.98. The third-order valence-corrected chi connectivity index (χ3v) is 3.87. The molecule has 1 aromatic rings. The van der Waals surface area contributed by atoms with Crippen molar-refractivity contribution in [1.29, 1.82) is 0 Å². The monoisotopic (exact) mass is 288 g/mol. The molecule has 0 unspecified atom stereocenters. The molecule has 1 aromatic carbocycles. The first-order valence-electron chi connectivity index (χ1n) is 7.70. The van der Waals surface area contributed by atoms with E-state index in [1.54, 1.807) is 0 Å². The summed E-state index contributed by atoms with van der Waals surface area (Å²) in [7, 11) is 0. The fourth-order valence-electron chi connectivity index (χ4n) is 2.65. The summed E-state index contributed by atoms with van der Waals surface area (Å²) in [5.74, 6) is 0.0641. The number of amides is 2. The minimum atomic E-state index is -0.417. The van der Waals surface area contributed by atoms with Crippen molar-refractivity contribution in [3.63, 3.8) is 0 Å². The first-order valence-corrected chi connectivity index (χ1v) is 7.70. The van der Waals surface area contributed by atoms with Gasteiger partial charge in [-0.2, -0.15) is 0 Å². The number of hydrogen-bond acceptors (Lipinski definition) is 2. The molecule has 0 spiro atoms. The molecule has 1 aliphatic rings. The van der Waals surface area contributed by atoms with Crippen LogP contribution in [0.5, 0.6) is 0 Å². The van der Waals surface area contributed by atoms with Gasteiger partial charge in [0.15, 0.2) is 0 Å². The molecule has 1 atom stereocenters. The van der Waals surface area contributed by atoms with E-state index in [9.17, 15) is 9.59 Å². The van der Waals surface area contributed by atoms with Gasteiger partial charge in [0.1, 0.15) is 6.04 Å². The van der Waals surface area contributed by atoms with E-state index in [2.05, 4.69) is 5.32 Å². The van der Waals surface area contributed by atoms with Gasteiger partial charge in [0.2, 0.25) is 11.8 Å². The summed E-state index contributed by atoms with van der Waals surface area (Å²) in [4.78, 5) is 26.5. The quantitative estimate of drug-likeness (QED) is 0.901. The van der Waals surface area contributed by atoms with Crippen molar-refractivity contribution in [2.24, 2.45) is 5.92 Å². The lowest BCUT2D eigenvalue weighted by Crippen LogP contribution is -2.50. The lowest BCUT2D eigenvalue weighted by Gasteiger charge is -2.26. The Labute approximate surface area is 126 Å². The van der Waals surface area contributed by atoms with Crippen LogP contribution in [-0.2, 0) is 16.0 Å². The summed E-state index contributed by atoms with van der Waals surface area (Å²) >= 11 is 0. The zero-order chi connectivity index (χ0) is 15.2. The lowest BCUT2D eigenvalue weighted by molar-refractivity contribution is -0.136. The molecule has 0 radical (unpaired) electrons. The Kier molecular flexibility index (Phi) is 5.37. The standard InChI is InChI=1S/C17H24N2O2/c1-13(2)16(17(21)19-10-6-7-11-19)18-15(20)12-14-8-4-3-5-9-14/h3-5,8-9,13,16H,6-7,10-12H2,1-2H3,(H,18,20)/t16-/m1/s1. The van der Waals surface area contributed by atoms with Crippen molar-refractivity contribution >= 4 is 11.8 Å². The second kappa shape index (κ2) is 7.25. The van der Waals surface area contributed by atoms with Crippen LogP contribution in [0, 0.1) is 5.92 Å². The van der Waals surface area contributed by atoms with Crippen LogP contribution in [0.25, 0.3) is 0 Å². The summed E-state index contributed by atoms with van der Waals surface area (Å²) in [5.41, 5.74) is 0.964. The van der Waals surface area contributed by atoms with Crippen molar-refractivity contribution in [2.75, 3.05) is 13.1 Å². The number of benzene rings is 1. The van der Waals surface area contributed by atoms with Crippen LogP contribution in [0.3, 0.4) is 0 Å². The number of hydrogen-bond donors (Lipinski definition) is 1. The minimum Gasteiger partial charge on any atom is -0.344 e. The van der Waals surface area contributed by atoms with Crippen molar-refractivity contribution in [2.45, 2.75) is 39.2 Å². The third-order valence-electron chi connectivity index (χ3n) is 3.87. The molecule has 1 N–H and O–H groups in total. The van der Waals surface area contributed by atoms with Gasteiger partial charge in [-0.3, -0.25) is 9.59 Å². The Hall–Kier alpha value is -1.84. The zero-order valence-corrected chi connectivity index (χ0v) is 12.8. The maximum absolute atomic E-state index is 12.5. The smallest absolute Gasteiger partial charge is 0.245 e. The molecular formula is C17H24N2O2. The molecule has 4 heteroatoms. The van der Waals surface area contributed by atoms with Crippen LogP contribution in [0.15, 0.2) is 30.3 Å². The fourth-order valence-corrected chi connectivity index (χ4v) is 2.65. The Morgan fingerprint density at radius 2 is 1.76 bits per heavy atom. The van der Waals surface area contributed by atoms with E-state index in [1.807, 2.05) is 49.1 Å². The van der Waals surface area contributed by atoms with E-state index in [4.69, 9.17) is 0 Å². The van der Waals surface area contributed by atoms with E-state index in [-0.39, 0.29) is 17.7 Å². The maximum atomic E-state index is 12.5. The highest BCUT2D eigenvalue weighted by atomic mass is 16.2. The van der Waals surface area contributed by atoms with Gasteiger partial charge in [-0.05, 0) is 24.3 Å².